The smallest absolute Gasteiger partial charge is 0.269 e. The highest BCUT2D eigenvalue weighted by molar-refractivity contribution is 5.51. The number of benzene rings is 1. The third-order valence-corrected chi connectivity index (χ3v) is 6.26. The summed E-state index contributed by atoms with van der Waals surface area (Å²) in [4.78, 5) is 12.8. The van der Waals surface area contributed by atoms with Crippen molar-refractivity contribution in [3.8, 4) is 0 Å². The Morgan fingerprint density at radius 3 is 2.54 bits per heavy atom. The van der Waals surface area contributed by atoms with Crippen LogP contribution >= 0.6 is 0 Å². The van der Waals surface area contributed by atoms with Crippen molar-refractivity contribution in [1.82, 2.24) is 0 Å². The number of non-ortho nitro benzene ring substituents is 1. The monoisotopic (exact) mass is 332 g/mol. The van der Waals surface area contributed by atoms with Crippen LogP contribution in [0.5, 0.6) is 0 Å². The maximum atomic E-state index is 10.8. The van der Waals surface area contributed by atoms with Crippen molar-refractivity contribution in [3.63, 3.8) is 0 Å². The van der Waals surface area contributed by atoms with Gasteiger partial charge in [-0.25, -0.2) is 0 Å². The van der Waals surface area contributed by atoms with Crippen LogP contribution in [0, 0.1) is 15.5 Å². The molecule has 3 rings (SSSR count). The number of nitro benzene ring substituents is 1. The van der Waals surface area contributed by atoms with Crippen molar-refractivity contribution in [2.45, 2.75) is 57.0 Å². The Morgan fingerprint density at radius 1 is 1.21 bits per heavy atom. The Labute approximate surface area is 143 Å². The third kappa shape index (κ3) is 2.89. The summed E-state index contributed by atoms with van der Waals surface area (Å²) >= 11 is 0. The minimum atomic E-state index is -0.361. The largest absolute Gasteiger partial charge is 0.371 e. The van der Waals surface area contributed by atoms with Gasteiger partial charge in [0, 0.05) is 47.9 Å². The highest BCUT2D eigenvalue weighted by Crippen LogP contribution is 2.46. The molecule has 0 bridgehead atoms. The summed E-state index contributed by atoms with van der Waals surface area (Å²) in [7, 11) is 0. The second kappa shape index (κ2) is 6.33. The zero-order valence-electron chi connectivity index (χ0n) is 14.4. The molecule has 2 fully saturated rings. The van der Waals surface area contributed by atoms with Crippen LogP contribution in [0.15, 0.2) is 24.3 Å². The van der Waals surface area contributed by atoms with E-state index in [2.05, 4.69) is 11.8 Å². The maximum Gasteiger partial charge on any atom is 0.269 e. The van der Waals surface area contributed by atoms with E-state index in [1.807, 2.05) is 12.1 Å². The fourth-order valence-corrected chi connectivity index (χ4v) is 4.60. The second-order valence-electron chi connectivity index (χ2n) is 7.75. The van der Waals surface area contributed by atoms with Crippen molar-refractivity contribution in [2.75, 3.05) is 18.0 Å². The normalized spacial score (nSPS) is 34.1. The lowest BCUT2D eigenvalue weighted by atomic mass is 9.59. The fraction of sp³-hybridized carbons (Fsp3) is 0.667. The lowest BCUT2D eigenvalue weighted by molar-refractivity contribution is -0.384. The topological polar surface area (TPSA) is 98.4 Å². The molecule has 24 heavy (non-hydrogen) atoms. The number of hydrogen-bond donors (Lipinski definition) is 2. The van der Waals surface area contributed by atoms with Crippen LogP contribution in [0.2, 0.25) is 0 Å². The first-order chi connectivity index (χ1) is 11.4. The van der Waals surface area contributed by atoms with Crippen molar-refractivity contribution in [1.29, 1.82) is 0 Å². The van der Waals surface area contributed by atoms with Gasteiger partial charge in [0.25, 0.3) is 5.69 Å². The van der Waals surface area contributed by atoms with Gasteiger partial charge in [0.05, 0.1) is 4.92 Å². The van der Waals surface area contributed by atoms with Gasteiger partial charge < -0.3 is 16.4 Å². The molecule has 0 radical (unpaired) electrons. The van der Waals surface area contributed by atoms with E-state index in [0.29, 0.717) is 0 Å². The minimum Gasteiger partial charge on any atom is -0.371 e. The fourth-order valence-electron chi connectivity index (χ4n) is 4.60. The molecule has 6 heteroatoms. The zero-order chi connectivity index (χ0) is 17.4. The average Bonchev–Trinajstić information content (AvgIpc) is 2.57. The quantitative estimate of drug-likeness (QED) is 0.655. The van der Waals surface area contributed by atoms with Gasteiger partial charge >= 0.3 is 0 Å². The highest BCUT2D eigenvalue weighted by atomic mass is 16.6. The predicted molar refractivity (Wildman–Crippen MR) is 96.0 cm³/mol. The number of hydrogen-bond acceptors (Lipinski definition) is 5. The molecule has 6 nitrogen and oxygen atoms in total. The molecule has 0 aromatic heterocycles. The minimum absolute atomic E-state index is 0.0349. The van der Waals surface area contributed by atoms with Gasteiger partial charge in [0.2, 0.25) is 0 Å². The highest BCUT2D eigenvalue weighted by Gasteiger charge is 2.51. The van der Waals surface area contributed by atoms with E-state index in [1.165, 1.54) is 6.42 Å². The average molecular weight is 332 g/mol. The van der Waals surface area contributed by atoms with Gasteiger partial charge in [0.1, 0.15) is 0 Å². The van der Waals surface area contributed by atoms with Crippen LogP contribution in [0.3, 0.4) is 0 Å². The lowest BCUT2D eigenvalue weighted by Crippen LogP contribution is -2.69. The zero-order valence-corrected chi connectivity index (χ0v) is 14.4. The number of rotatable bonds is 3. The molecule has 0 amide bonds. The van der Waals surface area contributed by atoms with Crippen molar-refractivity contribution >= 4 is 11.4 Å². The SMILES string of the molecule is CC1(C2(N)CCCCC2N)CCCN(c2ccc([N+](=O)[O-])cc2)C1. The number of piperidine rings is 1. The van der Waals surface area contributed by atoms with Gasteiger partial charge in [0.15, 0.2) is 0 Å². The molecular weight excluding hydrogens is 304 g/mol. The Balaban J connectivity index is 1.81. The molecule has 1 saturated carbocycles. The van der Waals surface area contributed by atoms with Crippen LogP contribution in [0.4, 0.5) is 11.4 Å². The summed E-state index contributed by atoms with van der Waals surface area (Å²) in [5, 5.41) is 10.8. The number of nitro groups is 1. The second-order valence-corrected chi connectivity index (χ2v) is 7.75. The van der Waals surface area contributed by atoms with E-state index in [0.717, 1.165) is 50.9 Å². The molecular formula is C18H28N4O2. The summed E-state index contributed by atoms with van der Waals surface area (Å²) in [5.74, 6) is 0. The Morgan fingerprint density at radius 2 is 1.92 bits per heavy atom. The van der Waals surface area contributed by atoms with Crippen LogP contribution in [0.1, 0.15) is 45.4 Å². The summed E-state index contributed by atoms with van der Waals surface area (Å²) in [5.41, 5.74) is 14.1. The Kier molecular flexibility index (Phi) is 4.53. The van der Waals surface area contributed by atoms with Crippen LogP contribution in [-0.4, -0.2) is 29.6 Å². The van der Waals surface area contributed by atoms with Gasteiger partial charge in [-0.2, -0.15) is 0 Å². The lowest BCUT2D eigenvalue weighted by Gasteiger charge is -2.56. The van der Waals surface area contributed by atoms with Crippen molar-refractivity contribution < 1.29 is 4.92 Å². The Hall–Kier alpha value is -1.66. The van der Waals surface area contributed by atoms with Crippen LogP contribution < -0.4 is 16.4 Å². The van der Waals surface area contributed by atoms with Crippen molar-refractivity contribution in [2.24, 2.45) is 16.9 Å². The molecule has 0 spiro atoms. The Bertz CT molecular complexity index is 606. The predicted octanol–water partition coefficient (Wildman–Crippen LogP) is 2.80. The van der Waals surface area contributed by atoms with E-state index in [1.54, 1.807) is 12.1 Å². The van der Waals surface area contributed by atoms with E-state index < -0.39 is 0 Å². The molecule has 3 atom stereocenters. The summed E-state index contributed by atoms with van der Waals surface area (Å²) < 4.78 is 0. The van der Waals surface area contributed by atoms with Gasteiger partial charge in [-0.05, 0) is 37.8 Å². The van der Waals surface area contributed by atoms with Gasteiger partial charge in [-0.1, -0.05) is 19.8 Å². The van der Waals surface area contributed by atoms with Crippen LogP contribution in [-0.2, 0) is 0 Å². The first-order valence-electron chi connectivity index (χ1n) is 8.90. The number of nitrogens with two attached hydrogens (primary N) is 2. The molecule has 1 aromatic carbocycles. The number of anilines is 1. The first-order valence-corrected chi connectivity index (χ1v) is 8.90. The molecule has 1 heterocycles. The molecule has 4 N–H and O–H groups in total. The van der Waals surface area contributed by atoms with Gasteiger partial charge in [-0.15, -0.1) is 0 Å². The standard InChI is InChI=1S/C18H28N4O2/c1-17(18(20)11-3-2-5-16(18)19)10-4-12-21(13-17)14-6-8-15(9-7-14)22(23)24/h6-9,16H,2-5,10-13,19-20H2,1H3. The molecule has 1 aromatic rings. The van der Waals surface area contributed by atoms with Crippen LogP contribution in [0.25, 0.3) is 0 Å². The molecule has 132 valence electrons. The van der Waals surface area contributed by atoms with E-state index in [4.69, 9.17) is 11.5 Å². The molecule has 3 unspecified atom stereocenters. The maximum absolute atomic E-state index is 10.8. The molecule has 2 aliphatic rings. The van der Waals surface area contributed by atoms with E-state index in [-0.39, 0.29) is 27.6 Å². The summed E-state index contributed by atoms with van der Waals surface area (Å²) in [6, 6.07) is 6.88. The van der Waals surface area contributed by atoms with Gasteiger partial charge in [-0.3, -0.25) is 10.1 Å². The van der Waals surface area contributed by atoms with Crippen molar-refractivity contribution in [3.05, 3.63) is 34.4 Å². The van der Waals surface area contributed by atoms with E-state index in [9.17, 15) is 10.1 Å². The first kappa shape index (κ1) is 17.2. The number of nitrogens with zero attached hydrogens (tertiary/aromatic N) is 2. The molecule has 1 aliphatic carbocycles. The molecule has 1 aliphatic heterocycles. The summed E-state index contributed by atoms with van der Waals surface area (Å²) in [6.07, 6.45) is 6.46. The third-order valence-electron chi connectivity index (χ3n) is 6.26. The molecule has 1 saturated heterocycles. The summed E-state index contributed by atoms with van der Waals surface area (Å²) in [6.45, 7) is 4.09. The van der Waals surface area contributed by atoms with E-state index >= 15 is 0 Å².